The van der Waals surface area contributed by atoms with Crippen molar-refractivity contribution < 1.29 is 13.2 Å². The predicted molar refractivity (Wildman–Crippen MR) is 33.9 cm³/mol. The van der Waals surface area contributed by atoms with Gasteiger partial charge < -0.3 is 0 Å². The van der Waals surface area contributed by atoms with Crippen LogP contribution in [-0.4, -0.2) is 37.5 Å². The molecule has 50 valence electrons. The third kappa shape index (κ3) is 4.75. The van der Waals surface area contributed by atoms with E-state index in [1.54, 1.807) is 0 Å². The molecule has 8 heavy (non-hydrogen) atoms. The summed E-state index contributed by atoms with van der Waals surface area (Å²) < 4.78 is 30.0. The van der Waals surface area contributed by atoms with E-state index >= 15 is 0 Å². The van der Waals surface area contributed by atoms with Gasteiger partial charge in [0, 0.05) is 0 Å². The summed E-state index contributed by atoms with van der Waals surface area (Å²) >= 11 is -0.720. The van der Waals surface area contributed by atoms with Crippen molar-refractivity contribution in [3.8, 4) is 0 Å². The molecule has 0 aromatic rings. The Morgan fingerprint density at radius 2 is 2.38 bits per heavy atom. The van der Waals surface area contributed by atoms with E-state index in [1.807, 2.05) is 0 Å². The number of rotatable bonds is 3. The second-order valence-electron chi connectivity index (χ2n) is 1.32. The summed E-state index contributed by atoms with van der Waals surface area (Å²) in [4.78, 5) is 0. The van der Waals surface area contributed by atoms with E-state index in [1.165, 1.54) is 16.9 Å². The number of hydrogen-bond donors (Lipinski definition) is 1. The molecule has 3 atom stereocenters. The van der Waals surface area contributed by atoms with E-state index in [4.69, 9.17) is 4.55 Å². The number of halogens is 1. The Morgan fingerprint density at radius 1 is 1.88 bits per heavy atom. The Hall–Kier alpha value is 0.598. The molecule has 0 heterocycles. The number of hydrogen-bond acceptors (Lipinski definition) is 1. The summed E-state index contributed by atoms with van der Waals surface area (Å²) in [5.74, 6) is -0.238. The number of alkyl halides is 1. The Morgan fingerprint density at radius 3 is 2.50 bits per heavy atom. The van der Waals surface area contributed by atoms with Crippen molar-refractivity contribution in [3.05, 3.63) is 0 Å². The summed E-state index contributed by atoms with van der Waals surface area (Å²) in [6, 6.07) is 0. The van der Waals surface area contributed by atoms with Crippen molar-refractivity contribution in [2.24, 2.45) is 0 Å². The first-order chi connectivity index (χ1) is 3.66. The average Bonchev–Trinajstić information content (AvgIpc) is 1.65. The normalized spacial score (nSPS) is 17.9. The Bertz CT molecular complexity index is 89.4. The van der Waals surface area contributed by atoms with Gasteiger partial charge in [0.1, 0.15) is 0 Å². The third-order valence-electron chi connectivity index (χ3n) is 0.579. The van der Waals surface area contributed by atoms with E-state index in [2.05, 4.69) is 0 Å². The summed E-state index contributed by atoms with van der Waals surface area (Å²) in [7, 11) is 0. The van der Waals surface area contributed by atoms with Crippen LogP contribution in [0, 0.1) is 0 Å². The van der Waals surface area contributed by atoms with Gasteiger partial charge in [0.25, 0.3) is 0 Å². The summed E-state index contributed by atoms with van der Waals surface area (Å²) in [6.45, 7) is 0. The van der Waals surface area contributed by atoms with Gasteiger partial charge in [-0.25, -0.2) is 0 Å². The first-order valence-electron chi connectivity index (χ1n) is 2.08. The zero-order valence-electron chi connectivity index (χ0n) is 4.21. The van der Waals surface area contributed by atoms with Crippen LogP contribution in [0.4, 0.5) is 4.39 Å². The van der Waals surface area contributed by atoms with E-state index in [-0.39, 0.29) is 5.75 Å². The molecule has 0 radical (unpaired) electrons. The summed E-state index contributed by atoms with van der Waals surface area (Å²) in [5, 5.41) is 0.374. The fourth-order valence-electron chi connectivity index (χ4n) is 0.223. The van der Waals surface area contributed by atoms with Crippen molar-refractivity contribution in [2.75, 3.05) is 5.75 Å². The summed E-state index contributed by atoms with van der Waals surface area (Å²) in [5.41, 5.74) is 0. The molecule has 2 nitrogen and oxygen atoms in total. The van der Waals surface area contributed by atoms with Gasteiger partial charge in [-0.05, 0) is 0 Å². The zero-order chi connectivity index (χ0) is 6.57. The molecule has 0 spiro atoms. The molecule has 0 fully saturated rings. The van der Waals surface area contributed by atoms with Gasteiger partial charge in [0.2, 0.25) is 0 Å². The van der Waals surface area contributed by atoms with Gasteiger partial charge >= 0.3 is 58.2 Å². The van der Waals surface area contributed by atoms with Crippen LogP contribution in [0.25, 0.3) is 0 Å². The Kier molecular flexibility index (Phi) is 4.81. The van der Waals surface area contributed by atoms with Crippen LogP contribution in [0.5, 0.6) is 0 Å². The minimum absolute atomic E-state index is 0.238. The van der Waals surface area contributed by atoms with Crippen molar-refractivity contribution in [1.82, 2.24) is 0 Å². The van der Waals surface area contributed by atoms with Gasteiger partial charge in [0.05, 0.1) is 0 Å². The topological polar surface area (TPSA) is 37.3 Å². The Labute approximate surface area is 58.6 Å². The molecule has 0 aliphatic heterocycles. The molecule has 0 rings (SSSR count). The van der Waals surface area contributed by atoms with E-state index < -0.39 is 17.3 Å². The van der Waals surface area contributed by atoms with Crippen LogP contribution in [-0.2, 0) is 11.1 Å². The molecule has 0 bridgehead atoms. The van der Waals surface area contributed by atoms with Crippen LogP contribution in [0.15, 0.2) is 0 Å². The predicted octanol–water partition coefficient (Wildman–Crippen LogP) is -0.402. The average molecular weight is 202 g/mol. The van der Waals surface area contributed by atoms with Gasteiger partial charge in [-0.15, -0.1) is 0 Å². The van der Waals surface area contributed by atoms with Crippen molar-refractivity contribution >= 4 is 27.9 Å². The molecular formula is C3H8AsFO2S. The van der Waals surface area contributed by atoms with Crippen LogP contribution < -0.4 is 0 Å². The second kappa shape index (κ2) is 4.47. The molecule has 5 heteroatoms. The van der Waals surface area contributed by atoms with Crippen LogP contribution >= 0.6 is 0 Å². The molecule has 0 saturated carbocycles. The molecule has 0 aromatic carbocycles. The first-order valence-corrected chi connectivity index (χ1v) is 5.07. The Balaban J connectivity index is 3.24. The molecule has 0 aliphatic carbocycles. The third-order valence-corrected chi connectivity index (χ3v) is 2.30. The van der Waals surface area contributed by atoms with Crippen molar-refractivity contribution in [1.29, 1.82) is 0 Å². The molecule has 3 unspecified atom stereocenters. The quantitative estimate of drug-likeness (QED) is 0.499. The standard InChI is InChI=1S/C3H8AsFO2S/c4-1-3(5)2-8(6)7/h3H,1-2,4H2,(H,6,7). The maximum absolute atomic E-state index is 12.0. The maximum atomic E-state index is 12.0. The fourth-order valence-corrected chi connectivity index (χ4v) is 1.52. The second-order valence-corrected chi connectivity index (χ2v) is 3.29. The SMILES string of the molecule is O=S(O)CC(F)C[AsH2]. The molecule has 0 aromatic heterocycles. The van der Waals surface area contributed by atoms with Gasteiger partial charge in [-0.2, -0.15) is 0 Å². The van der Waals surface area contributed by atoms with Gasteiger partial charge in [-0.1, -0.05) is 0 Å². The molecular weight excluding hydrogens is 194 g/mol. The molecule has 1 N–H and O–H groups in total. The molecule has 0 amide bonds. The van der Waals surface area contributed by atoms with Crippen LogP contribution in [0.1, 0.15) is 0 Å². The molecule has 0 aliphatic rings. The molecule has 0 saturated heterocycles. The van der Waals surface area contributed by atoms with Gasteiger partial charge in [-0.3, -0.25) is 0 Å². The monoisotopic (exact) mass is 202 g/mol. The fraction of sp³-hybridized carbons (Fsp3) is 1.00. The van der Waals surface area contributed by atoms with E-state index in [0.717, 1.165) is 0 Å². The van der Waals surface area contributed by atoms with Crippen molar-refractivity contribution in [3.63, 3.8) is 0 Å². The van der Waals surface area contributed by atoms with Crippen molar-refractivity contribution in [2.45, 2.75) is 11.4 Å². The van der Waals surface area contributed by atoms with Gasteiger partial charge in [0.15, 0.2) is 0 Å². The van der Waals surface area contributed by atoms with E-state index in [9.17, 15) is 8.60 Å². The van der Waals surface area contributed by atoms with Crippen LogP contribution in [0.2, 0.25) is 5.21 Å². The van der Waals surface area contributed by atoms with Crippen LogP contribution in [0.3, 0.4) is 0 Å². The van der Waals surface area contributed by atoms with E-state index in [0.29, 0.717) is 5.21 Å². The summed E-state index contributed by atoms with van der Waals surface area (Å²) in [6.07, 6.45) is -1.10. The zero-order valence-corrected chi connectivity index (χ0v) is 7.45. The first kappa shape index (κ1) is 8.60. The minimum atomic E-state index is -1.96.